The van der Waals surface area contributed by atoms with Crippen LogP contribution in [0.4, 0.5) is 5.82 Å². The number of sulfonamides is 1. The Balaban J connectivity index is 1.70. The van der Waals surface area contributed by atoms with Crippen molar-refractivity contribution >= 4 is 26.8 Å². The highest BCUT2D eigenvalue weighted by Crippen LogP contribution is 2.27. The van der Waals surface area contributed by atoms with Crippen molar-refractivity contribution in [2.24, 2.45) is 0 Å². The zero-order valence-corrected chi connectivity index (χ0v) is 13.3. The fourth-order valence-electron chi connectivity index (χ4n) is 3.02. The van der Waals surface area contributed by atoms with E-state index in [2.05, 4.69) is 9.88 Å². The average Bonchev–Trinajstić information content (AvgIpc) is 2.97. The largest absolute Gasteiger partial charge is 0.354 e. The molecule has 0 unspecified atom stereocenters. The molecular weight excluding hydrogens is 312 g/mol. The number of para-hydroxylation sites is 1. The van der Waals surface area contributed by atoms with Gasteiger partial charge in [0.25, 0.3) is 10.0 Å². The summed E-state index contributed by atoms with van der Waals surface area (Å²) in [6.07, 6.45) is 4.24. The predicted molar refractivity (Wildman–Crippen MR) is 87.9 cm³/mol. The normalized spacial score (nSPS) is 14.6. The second kappa shape index (κ2) is 5.38. The van der Waals surface area contributed by atoms with Crippen LogP contribution < -0.4 is 4.72 Å². The Bertz CT molecular complexity index is 976. The molecule has 4 rings (SSSR count). The Morgan fingerprint density at radius 3 is 2.65 bits per heavy atom. The molecule has 0 radical (unpaired) electrons. The molecule has 1 aromatic heterocycles. The van der Waals surface area contributed by atoms with Crippen LogP contribution in [0.15, 0.2) is 51.9 Å². The topological polar surface area (TPSA) is 72.2 Å². The van der Waals surface area contributed by atoms with Crippen LogP contribution in [-0.4, -0.2) is 13.6 Å². The van der Waals surface area contributed by atoms with Crippen molar-refractivity contribution in [2.45, 2.75) is 30.6 Å². The maximum Gasteiger partial charge on any atom is 0.263 e. The minimum absolute atomic E-state index is 0.221. The fraction of sp³-hybridized carbons (Fsp3) is 0.235. The van der Waals surface area contributed by atoms with Gasteiger partial charge in [0.2, 0.25) is 0 Å². The van der Waals surface area contributed by atoms with Gasteiger partial charge in [0.15, 0.2) is 11.4 Å². The summed E-state index contributed by atoms with van der Waals surface area (Å²) in [6, 6.07) is 12.5. The molecule has 1 heterocycles. The monoisotopic (exact) mass is 328 g/mol. The van der Waals surface area contributed by atoms with E-state index < -0.39 is 10.0 Å². The number of benzene rings is 2. The van der Waals surface area contributed by atoms with Crippen LogP contribution in [0.5, 0.6) is 0 Å². The lowest BCUT2D eigenvalue weighted by molar-refractivity contribution is 0.460. The SMILES string of the molecule is O=S(=O)(Nc1noc2ccccc12)c1ccc2c(c1)CCCC2. The maximum atomic E-state index is 12.6. The first kappa shape index (κ1) is 14.3. The van der Waals surface area contributed by atoms with Gasteiger partial charge in [-0.3, -0.25) is 4.72 Å². The molecule has 0 fully saturated rings. The second-order valence-corrected chi connectivity index (χ2v) is 7.45. The molecule has 1 aliphatic rings. The Kier molecular flexibility index (Phi) is 3.34. The highest BCUT2D eigenvalue weighted by Gasteiger charge is 2.20. The van der Waals surface area contributed by atoms with E-state index in [1.165, 1.54) is 12.0 Å². The van der Waals surface area contributed by atoms with Crippen LogP contribution in [0, 0.1) is 0 Å². The van der Waals surface area contributed by atoms with Crippen molar-refractivity contribution < 1.29 is 12.9 Å². The van der Waals surface area contributed by atoms with Gasteiger partial charge in [-0.2, -0.15) is 0 Å². The molecule has 23 heavy (non-hydrogen) atoms. The van der Waals surface area contributed by atoms with Crippen LogP contribution in [0.1, 0.15) is 24.0 Å². The lowest BCUT2D eigenvalue weighted by atomic mass is 9.92. The van der Waals surface area contributed by atoms with Gasteiger partial charge < -0.3 is 4.52 Å². The highest BCUT2D eigenvalue weighted by atomic mass is 32.2. The smallest absolute Gasteiger partial charge is 0.263 e. The summed E-state index contributed by atoms with van der Waals surface area (Å²) < 4.78 is 32.9. The van der Waals surface area contributed by atoms with E-state index in [1.807, 2.05) is 18.2 Å². The molecule has 0 bridgehead atoms. The van der Waals surface area contributed by atoms with E-state index >= 15 is 0 Å². The van der Waals surface area contributed by atoms with Crippen molar-refractivity contribution in [3.05, 3.63) is 53.6 Å². The highest BCUT2D eigenvalue weighted by molar-refractivity contribution is 7.92. The van der Waals surface area contributed by atoms with Crippen LogP contribution in [0.2, 0.25) is 0 Å². The third-order valence-corrected chi connectivity index (χ3v) is 5.58. The molecule has 0 atom stereocenters. The van der Waals surface area contributed by atoms with Crippen molar-refractivity contribution in [1.82, 2.24) is 5.16 Å². The molecule has 0 saturated carbocycles. The van der Waals surface area contributed by atoms with Crippen LogP contribution in [-0.2, 0) is 22.9 Å². The van der Waals surface area contributed by atoms with Crippen molar-refractivity contribution in [3.8, 4) is 0 Å². The summed E-state index contributed by atoms with van der Waals surface area (Å²) in [5.74, 6) is 0.221. The number of nitrogens with one attached hydrogen (secondary N) is 1. The first-order valence-electron chi connectivity index (χ1n) is 7.62. The van der Waals surface area contributed by atoms with E-state index in [0.29, 0.717) is 11.0 Å². The first-order chi connectivity index (χ1) is 11.1. The summed E-state index contributed by atoms with van der Waals surface area (Å²) in [7, 11) is -3.68. The molecule has 118 valence electrons. The van der Waals surface area contributed by atoms with Crippen LogP contribution in [0.3, 0.4) is 0 Å². The molecule has 6 heteroatoms. The quantitative estimate of drug-likeness (QED) is 0.798. The van der Waals surface area contributed by atoms with E-state index in [1.54, 1.807) is 24.3 Å². The van der Waals surface area contributed by atoms with Gasteiger partial charge in [-0.25, -0.2) is 8.42 Å². The molecule has 0 aliphatic heterocycles. The number of fused-ring (bicyclic) bond motifs is 2. The van der Waals surface area contributed by atoms with E-state index in [0.717, 1.165) is 24.8 Å². The summed E-state index contributed by atoms with van der Waals surface area (Å²) in [4.78, 5) is 0.269. The van der Waals surface area contributed by atoms with Crippen LogP contribution in [0.25, 0.3) is 11.0 Å². The number of rotatable bonds is 3. The molecule has 2 aromatic carbocycles. The Hall–Kier alpha value is -2.34. The summed E-state index contributed by atoms with van der Waals surface area (Å²) in [5, 5.41) is 4.48. The number of nitrogens with zero attached hydrogens (tertiary/aromatic N) is 1. The van der Waals surface area contributed by atoms with Crippen LogP contribution >= 0.6 is 0 Å². The molecule has 5 nitrogen and oxygen atoms in total. The van der Waals surface area contributed by atoms with Gasteiger partial charge in [-0.05, 0) is 61.1 Å². The van der Waals surface area contributed by atoms with Gasteiger partial charge in [-0.1, -0.05) is 23.4 Å². The van der Waals surface area contributed by atoms with Gasteiger partial charge >= 0.3 is 0 Å². The predicted octanol–water partition coefficient (Wildman–Crippen LogP) is 3.51. The van der Waals surface area contributed by atoms with Gasteiger partial charge in [0.05, 0.1) is 10.3 Å². The Morgan fingerprint density at radius 2 is 1.78 bits per heavy atom. The number of aromatic nitrogens is 1. The maximum absolute atomic E-state index is 12.6. The number of hydrogen-bond acceptors (Lipinski definition) is 4. The van der Waals surface area contributed by atoms with Crippen molar-refractivity contribution in [1.29, 1.82) is 0 Å². The van der Waals surface area contributed by atoms with E-state index in [4.69, 9.17) is 4.52 Å². The Labute approximate surface area is 134 Å². The standard InChI is InChI=1S/C17H16N2O3S/c20-23(21,14-10-9-12-5-1-2-6-13(12)11-14)19-17-15-7-3-4-8-16(15)22-18-17/h3-4,7-11H,1-2,5-6H2,(H,18,19). The zero-order chi connectivity index (χ0) is 15.9. The summed E-state index contributed by atoms with van der Waals surface area (Å²) >= 11 is 0. The summed E-state index contributed by atoms with van der Waals surface area (Å²) in [6.45, 7) is 0. The number of hydrogen-bond donors (Lipinski definition) is 1. The van der Waals surface area contributed by atoms with Crippen molar-refractivity contribution in [3.63, 3.8) is 0 Å². The van der Waals surface area contributed by atoms with Gasteiger partial charge in [0.1, 0.15) is 0 Å². The first-order valence-corrected chi connectivity index (χ1v) is 9.11. The molecule has 0 amide bonds. The lowest BCUT2D eigenvalue weighted by Crippen LogP contribution is -2.14. The molecule has 1 aliphatic carbocycles. The van der Waals surface area contributed by atoms with E-state index in [9.17, 15) is 8.42 Å². The minimum Gasteiger partial charge on any atom is -0.354 e. The second-order valence-electron chi connectivity index (χ2n) is 5.77. The molecule has 1 N–H and O–H groups in total. The molecule has 0 saturated heterocycles. The third kappa shape index (κ3) is 2.59. The minimum atomic E-state index is -3.68. The van der Waals surface area contributed by atoms with Gasteiger partial charge in [0, 0.05) is 0 Å². The van der Waals surface area contributed by atoms with E-state index in [-0.39, 0.29) is 10.7 Å². The fourth-order valence-corrected chi connectivity index (χ4v) is 4.09. The van der Waals surface area contributed by atoms with Crippen molar-refractivity contribution in [2.75, 3.05) is 4.72 Å². The lowest BCUT2D eigenvalue weighted by Gasteiger charge is -2.16. The molecular formula is C17H16N2O3S. The third-order valence-electron chi connectivity index (χ3n) is 4.24. The zero-order valence-electron chi connectivity index (χ0n) is 12.5. The summed E-state index contributed by atoms with van der Waals surface area (Å²) in [5.41, 5.74) is 2.93. The van der Waals surface area contributed by atoms with Gasteiger partial charge in [-0.15, -0.1) is 0 Å². The molecule has 3 aromatic rings. The Morgan fingerprint density at radius 1 is 1.00 bits per heavy atom. The average molecular weight is 328 g/mol. The number of anilines is 1. The molecule has 0 spiro atoms. The number of aryl methyl sites for hydroxylation is 2.